The van der Waals surface area contributed by atoms with Crippen molar-refractivity contribution in [2.45, 2.75) is 0 Å². The fourth-order valence-electron chi connectivity index (χ4n) is 0.799. The summed E-state index contributed by atoms with van der Waals surface area (Å²) in [4.78, 5) is 0. The molecule has 0 aromatic heterocycles. The van der Waals surface area contributed by atoms with Crippen LogP contribution >= 0.6 is 15.9 Å². The molecule has 0 amide bonds. The molecule has 2 heteroatoms. The fourth-order valence-corrected chi connectivity index (χ4v) is 1.22. The highest BCUT2D eigenvalue weighted by molar-refractivity contribution is 9.10. The van der Waals surface area contributed by atoms with Crippen LogP contribution in [0.4, 0.5) is 0 Å². The van der Waals surface area contributed by atoms with Gasteiger partial charge >= 0.3 is 0 Å². The molecule has 0 aliphatic heterocycles. The molecule has 1 aromatic carbocycles. The van der Waals surface area contributed by atoms with E-state index in [0.29, 0.717) is 0 Å². The van der Waals surface area contributed by atoms with Crippen molar-refractivity contribution in [3.05, 3.63) is 40.4 Å². The van der Waals surface area contributed by atoms with Crippen LogP contribution in [0.15, 0.2) is 34.8 Å². The molecule has 1 nitrogen and oxygen atoms in total. The van der Waals surface area contributed by atoms with Gasteiger partial charge in [-0.2, -0.15) is 0 Å². The van der Waals surface area contributed by atoms with Gasteiger partial charge in [-0.1, -0.05) is 40.2 Å². The molecule has 0 saturated carbocycles. The van der Waals surface area contributed by atoms with Gasteiger partial charge in [0.25, 0.3) is 0 Å². The van der Waals surface area contributed by atoms with Gasteiger partial charge in [0.05, 0.1) is 6.61 Å². The van der Waals surface area contributed by atoms with Gasteiger partial charge in [0.15, 0.2) is 0 Å². The molecule has 58 valence electrons. The van der Waals surface area contributed by atoms with Crippen molar-refractivity contribution in [2.24, 2.45) is 0 Å². The quantitative estimate of drug-likeness (QED) is 0.799. The third kappa shape index (κ3) is 2.87. The summed E-state index contributed by atoms with van der Waals surface area (Å²) in [6.45, 7) is 0.0898. The molecule has 1 N–H and O–H groups in total. The van der Waals surface area contributed by atoms with E-state index in [0.717, 1.165) is 10.0 Å². The molecular formula is C9H9BrO. The van der Waals surface area contributed by atoms with Crippen molar-refractivity contribution in [2.75, 3.05) is 6.61 Å². The number of halogens is 1. The monoisotopic (exact) mass is 212 g/mol. The number of aliphatic hydroxyl groups is 1. The highest BCUT2D eigenvalue weighted by Gasteiger charge is 1.86. The number of benzene rings is 1. The topological polar surface area (TPSA) is 20.2 Å². The lowest BCUT2D eigenvalue weighted by molar-refractivity contribution is 0.343. The molecule has 0 aliphatic carbocycles. The maximum atomic E-state index is 8.50. The van der Waals surface area contributed by atoms with Gasteiger partial charge < -0.3 is 5.11 Å². The third-order valence-electron chi connectivity index (χ3n) is 1.26. The Hall–Kier alpha value is -0.600. The van der Waals surface area contributed by atoms with E-state index >= 15 is 0 Å². The van der Waals surface area contributed by atoms with E-state index in [9.17, 15) is 0 Å². The standard InChI is InChI=1S/C9H9BrO/c10-9-5-1-3-8(7-9)4-2-6-11/h1-5,7,11H,6H2/b4-2+. The number of hydrogen-bond acceptors (Lipinski definition) is 1. The van der Waals surface area contributed by atoms with Gasteiger partial charge in [-0.25, -0.2) is 0 Å². The molecule has 1 aromatic rings. The molecule has 0 fully saturated rings. The van der Waals surface area contributed by atoms with Crippen LogP contribution in [-0.2, 0) is 0 Å². The second-order valence-corrected chi connectivity index (χ2v) is 3.06. The summed E-state index contributed by atoms with van der Waals surface area (Å²) < 4.78 is 1.05. The first kappa shape index (κ1) is 8.50. The van der Waals surface area contributed by atoms with E-state index < -0.39 is 0 Å². The lowest BCUT2D eigenvalue weighted by Crippen LogP contribution is -1.73. The molecule has 0 aliphatic rings. The van der Waals surface area contributed by atoms with Gasteiger partial charge in [-0.05, 0) is 17.7 Å². The minimum Gasteiger partial charge on any atom is -0.392 e. The second-order valence-electron chi connectivity index (χ2n) is 2.14. The first-order chi connectivity index (χ1) is 5.33. The Balaban J connectivity index is 2.79. The summed E-state index contributed by atoms with van der Waals surface area (Å²) in [5, 5.41) is 8.50. The average molecular weight is 213 g/mol. The second kappa shape index (κ2) is 4.31. The molecule has 0 atom stereocenters. The zero-order valence-corrected chi connectivity index (χ0v) is 7.58. The van der Waals surface area contributed by atoms with E-state index in [4.69, 9.17) is 5.11 Å². The zero-order chi connectivity index (χ0) is 8.10. The van der Waals surface area contributed by atoms with Crippen molar-refractivity contribution in [1.29, 1.82) is 0 Å². The Morgan fingerprint density at radius 1 is 1.45 bits per heavy atom. The largest absolute Gasteiger partial charge is 0.392 e. The molecule has 0 spiro atoms. The number of rotatable bonds is 2. The summed E-state index contributed by atoms with van der Waals surface area (Å²) in [5.41, 5.74) is 1.09. The van der Waals surface area contributed by atoms with Crippen LogP contribution in [0.25, 0.3) is 6.08 Å². The van der Waals surface area contributed by atoms with Gasteiger partial charge in [-0.3, -0.25) is 0 Å². The summed E-state index contributed by atoms with van der Waals surface area (Å²) in [6, 6.07) is 7.90. The molecule has 11 heavy (non-hydrogen) atoms. The normalized spacial score (nSPS) is 10.7. The number of aliphatic hydroxyl groups excluding tert-OH is 1. The third-order valence-corrected chi connectivity index (χ3v) is 1.76. The van der Waals surface area contributed by atoms with Gasteiger partial charge in [-0.15, -0.1) is 0 Å². The van der Waals surface area contributed by atoms with Crippen LogP contribution in [0, 0.1) is 0 Å². The van der Waals surface area contributed by atoms with Crippen molar-refractivity contribution in [1.82, 2.24) is 0 Å². The van der Waals surface area contributed by atoms with E-state index in [1.807, 2.05) is 30.3 Å². The highest BCUT2D eigenvalue weighted by Crippen LogP contribution is 2.12. The Morgan fingerprint density at radius 2 is 2.27 bits per heavy atom. The summed E-state index contributed by atoms with van der Waals surface area (Å²) >= 11 is 3.36. The van der Waals surface area contributed by atoms with Crippen LogP contribution in [0.3, 0.4) is 0 Å². The summed E-state index contributed by atoms with van der Waals surface area (Å²) in [5.74, 6) is 0. The van der Waals surface area contributed by atoms with Crippen molar-refractivity contribution < 1.29 is 5.11 Å². The molecule has 0 radical (unpaired) electrons. The lowest BCUT2D eigenvalue weighted by Gasteiger charge is -1.92. The van der Waals surface area contributed by atoms with Crippen LogP contribution < -0.4 is 0 Å². The van der Waals surface area contributed by atoms with E-state index in [-0.39, 0.29) is 6.61 Å². The van der Waals surface area contributed by atoms with Crippen molar-refractivity contribution in [3.8, 4) is 0 Å². The zero-order valence-electron chi connectivity index (χ0n) is 6.00. The van der Waals surface area contributed by atoms with Gasteiger partial charge in [0, 0.05) is 4.47 Å². The fraction of sp³-hybridized carbons (Fsp3) is 0.111. The predicted octanol–water partition coefficient (Wildman–Crippen LogP) is 2.45. The van der Waals surface area contributed by atoms with E-state index in [1.165, 1.54) is 0 Å². The molecule has 0 heterocycles. The molecule has 0 bridgehead atoms. The average Bonchev–Trinajstić information content (AvgIpc) is 2.01. The first-order valence-corrected chi connectivity index (χ1v) is 4.15. The maximum absolute atomic E-state index is 8.50. The Labute approximate surface area is 74.5 Å². The molecule has 0 saturated heterocycles. The highest BCUT2D eigenvalue weighted by atomic mass is 79.9. The van der Waals surface area contributed by atoms with Gasteiger partial charge in [0.1, 0.15) is 0 Å². The smallest absolute Gasteiger partial charge is 0.0615 e. The lowest BCUT2D eigenvalue weighted by atomic mass is 10.2. The van der Waals surface area contributed by atoms with E-state index in [1.54, 1.807) is 6.08 Å². The summed E-state index contributed by atoms with van der Waals surface area (Å²) in [6.07, 6.45) is 3.59. The van der Waals surface area contributed by atoms with Gasteiger partial charge in [0.2, 0.25) is 0 Å². The predicted molar refractivity (Wildman–Crippen MR) is 50.3 cm³/mol. The summed E-state index contributed by atoms with van der Waals surface area (Å²) in [7, 11) is 0. The number of hydrogen-bond donors (Lipinski definition) is 1. The van der Waals surface area contributed by atoms with Crippen LogP contribution in [-0.4, -0.2) is 11.7 Å². The molecule has 1 rings (SSSR count). The Kier molecular flexibility index (Phi) is 3.33. The Morgan fingerprint density at radius 3 is 2.91 bits per heavy atom. The minimum absolute atomic E-state index is 0.0898. The van der Waals surface area contributed by atoms with Crippen LogP contribution in [0.2, 0.25) is 0 Å². The maximum Gasteiger partial charge on any atom is 0.0615 e. The van der Waals surface area contributed by atoms with Crippen molar-refractivity contribution in [3.63, 3.8) is 0 Å². The van der Waals surface area contributed by atoms with Crippen LogP contribution in [0.1, 0.15) is 5.56 Å². The SMILES string of the molecule is OC/C=C/c1cccc(Br)c1. The Bertz CT molecular complexity index is 255. The first-order valence-electron chi connectivity index (χ1n) is 3.36. The van der Waals surface area contributed by atoms with Crippen LogP contribution in [0.5, 0.6) is 0 Å². The molecule has 0 unspecified atom stereocenters. The van der Waals surface area contributed by atoms with Crippen molar-refractivity contribution >= 4 is 22.0 Å². The molecular weight excluding hydrogens is 204 g/mol. The minimum atomic E-state index is 0.0898. The van der Waals surface area contributed by atoms with E-state index in [2.05, 4.69) is 15.9 Å².